The number of carbonyl (C=O) groups excluding carboxylic acids is 1. The molecule has 0 amide bonds. The fourth-order valence-electron chi connectivity index (χ4n) is 1.08. The van der Waals surface area contributed by atoms with E-state index in [1.54, 1.807) is 30.3 Å². The molecule has 0 saturated carbocycles. The van der Waals surface area contributed by atoms with Gasteiger partial charge in [0.15, 0.2) is 6.29 Å². The molecule has 3 heteroatoms. The topological polar surface area (TPSA) is 46.5 Å². The average Bonchev–Trinajstić information content (AvgIpc) is 2.16. The van der Waals surface area contributed by atoms with Crippen LogP contribution in [0.4, 0.5) is 0 Å². The van der Waals surface area contributed by atoms with E-state index in [4.69, 9.17) is 5.11 Å². The Morgan fingerprint density at radius 2 is 2.21 bits per heavy atom. The molecule has 1 N–H and O–H groups in total. The van der Waals surface area contributed by atoms with Crippen LogP contribution in [0.25, 0.3) is 6.08 Å². The monoisotopic (exact) mass is 192 g/mol. The summed E-state index contributed by atoms with van der Waals surface area (Å²) in [6.45, 7) is 4.97. The van der Waals surface area contributed by atoms with Crippen molar-refractivity contribution in [1.29, 1.82) is 0 Å². The second-order valence-corrected chi connectivity index (χ2v) is 2.80. The third-order valence-electron chi connectivity index (χ3n) is 1.68. The minimum atomic E-state index is -1.10. The molecular weight excluding hydrogens is 180 g/mol. The molecule has 1 aromatic rings. The van der Waals surface area contributed by atoms with Crippen molar-refractivity contribution < 1.29 is 14.6 Å². The van der Waals surface area contributed by atoms with Crippen LogP contribution < -0.4 is 0 Å². The van der Waals surface area contributed by atoms with Crippen molar-refractivity contribution >= 4 is 12.0 Å². The zero-order valence-corrected chi connectivity index (χ0v) is 7.93. The first-order chi connectivity index (χ1) is 6.65. The fraction of sp³-hybridized carbons (Fsp3) is 0.182. The third kappa shape index (κ3) is 2.44. The summed E-state index contributed by atoms with van der Waals surface area (Å²) >= 11 is 0. The maximum absolute atomic E-state index is 11.4. The normalized spacial score (nSPS) is 11.9. The van der Waals surface area contributed by atoms with Gasteiger partial charge in [-0.1, -0.05) is 30.9 Å². The molecule has 0 saturated heterocycles. The van der Waals surface area contributed by atoms with E-state index in [1.807, 2.05) is 0 Å². The van der Waals surface area contributed by atoms with Gasteiger partial charge in [-0.3, -0.25) is 0 Å². The molecule has 14 heavy (non-hydrogen) atoms. The zero-order valence-electron chi connectivity index (χ0n) is 7.93. The molecule has 1 unspecified atom stereocenters. The van der Waals surface area contributed by atoms with E-state index in [9.17, 15) is 4.79 Å². The number of esters is 1. The van der Waals surface area contributed by atoms with E-state index in [0.717, 1.165) is 0 Å². The van der Waals surface area contributed by atoms with Crippen LogP contribution in [0.5, 0.6) is 0 Å². The van der Waals surface area contributed by atoms with E-state index in [1.165, 1.54) is 6.92 Å². The summed E-state index contributed by atoms with van der Waals surface area (Å²) in [4.78, 5) is 11.4. The van der Waals surface area contributed by atoms with Crippen molar-refractivity contribution in [3.05, 3.63) is 42.0 Å². The number of benzene rings is 1. The second-order valence-electron chi connectivity index (χ2n) is 2.80. The summed E-state index contributed by atoms with van der Waals surface area (Å²) in [5, 5.41) is 8.88. The molecule has 3 nitrogen and oxygen atoms in total. The molecule has 0 fully saturated rings. The van der Waals surface area contributed by atoms with Crippen molar-refractivity contribution in [2.75, 3.05) is 0 Å². The smallest absolute Gasteiger partial charge is 0.341 e. The summed E-state index contributed by atoms with van der Waals surface area (Å²) in [6, 6.07) is 6.91. The maximum atomic E-state index is 11.4. The molecule has 0 radical (unpaired) electrons. The standard InChI is InChI=1S/C11H12O3/c1-3-9-6-4-5-7-10(9)11(13)14-8(2)12/h3-8,12H,1H2,2H3. The van der Waals surface area contributed by atoms with E-state index in [0.29, 0.717) is 11.1 Å². The number of hydrogen-bond acceptors (Lipinski definition) is 3. The van der Waals surface area contributed by atoms with Crippen LogP contribution in [0.3, 0.4) is 0 Å². The maximum Gasteiger partial charge on any atom is 0.341 e. The SMILES string of the molecule is C=Cc1ccccc1C(=O)OC(C)O. The number of rotatable bonds is 3. The van der Waals surface area contributed by atoms with Crippen LogP contribution in [0.1, 0.15) is 22.8 Å². The highest BCUT2D eigenvalue weighted by Crippen LogP contribution is 2.11. The molecule has 0 spiro atoms. The molecule has 0 aliphatic heterocycles. The van der Waals surface area contributed by atoms with Crippen LogP contribution >= 0.6 is 0 Å². The first kappa shape index (κ1) is 10.5. The van der Waals surface area contributed by atoms with Gasteiger partial charge in [0.2, 0.25) is 0 Å². The van der Waals surface area contributed by atoms with Gasteiger partial charge in [0, 0.05) is 0 Å². The Morgan fingerprint density at radius 3 is 2.79 bits per heavy atom. The Labute approximate surface area is 82.6 Å². The molecule has 0 aliphatic rings. The zero-order chi connectivity index (χ0) is 10.6. The van der Waals surface area contributed by atoms with Crippen LogP contribution in [0.15, 0.2) is 30.8 Å². The summed E-state index contributed by atoms with van der Waals surface area (Å²) < 4.78 is 4.65. The molecule has 1 rings (SSSR count). The minimum absolute atomic E-state index is 0.406. The summed E-state index contributed by atoms with van der Waals surface area (Å²) in [6.07, 6.45) is 0.471. The van der Waals surface area contributed by atoms with Crippen LogP contribution in [-0.4, -0.2) is 17.4 Å². The lowest BCUT2D eigenvalue weighted by Gasteiger charge is -2.08. The summed E-state index contributed by atoms with van der Waals surface area (Å²) in [5.41, 5.74) is 1.10. The quantitative estimate of drug-likeness (QED) is 0.587. The van der Waals surface area contributed by atoms with Crippen molar-refractivity contribution in [3.8, 4) is 0 Å². The van der Waals surface area contributed by atoms with Crippen molar-refractivity contribution in [2.24, 2.45) is 0 Å². The van der Waals surface area contributed by atoms with E-state index in [-0.39, 0.29) is 0 Å². The molecule has 0 aliphatic carbocycles. The largest absolute Gasteiger partial charge is 0.433 e. The number of ether oxygens (including phenoxy) is 1. The van der Waals surface area contributed by atoms with E-state index < -0.39 is 12.3 Å². The minimum Gasteiger partial charge on any atom is -0.433 e. The molecule has 1 atom stereocenters. The van der Waals surface area contributed by atoms with Gasteiger partial charge in [-0.05, 0) is 18.6 Å². The van der Waals surface area contributed by atoms with Gasteiger partial charge >= 0.3 is 5.97 Å². The van der Waals surface area contributed by atoms with Gasteiger partial charge < -0.3 is 9.84 Å². The van der Waals surface area contributed by atoms with Crippen LogP contribution in [-0.2, 0) is 4.74 Å². The summed E-state index contributed by atoms with van der Waals surface area (Å²) in [5.74, 6) is -0.546. The lowest BCUT2D eigenvalue weighted by atomic mass is 10.1. The Morgan fingerprint density at radius 1 is 1.57 bits per heavy atom. The lowest BCUT2D eigenvalue weighted by molar-refractivity contribution is -0.0523. The Kier molecular flexibility index (Phi) is 3.42. The average molecular weight is 192 g/mol. The van der Waals surface area contributed by atoms with Crippen molar-refractivity contribution in [3.63, 3.8) is 0 Å². The van der Waals surface area contributed by atoms with Crippen molar-refractivity contribution in [2.45, 2.75) is 13.2 Å². The van der Waals surface area contributed by atoms with Gasteiger partial charge in [-0.25, -0.2) is 4.79 Å². The van der Waals surface area contributed by atoms with Gasteiger partial charge in [0.25, 0.3) is 0 Å². The highest BCUT2D eigenvalue weighted by Gasteiger charge is 2.11. The van der Waals surface area contributed by atoms with E-state index in [2.05, 4.69) is 11.3 Å². The fourth-order valence-corrected chi connectivity index (χ4v) is 1.08. The second kappa shape index (κ2) is 4.58. The Bertz CT molecular complexity index is 342. The number of carbonyl (C=O) groups is 1. The highest BCUT2D eigenvalue weighted by atomic mass is 16.6. The lowest BCUT2D eigenvalue weighted by Crippen LogP contribution is -2.14. The Hall–Kier alpha value is -1.61. The summed E-state index contributed by atoms with van der Waals surface area (Å²) in [7, 11) is 0. The molecular formula is C11H12O3. The first-order valence-corrected chi connectivity index (χ1v) is 4.25. The Balaban J connectivity index is 2.94. The predicted molar refractivity (Wildman–Crippen MR) is 53.6 cm³/mol. The molecule has 74 valence electrons. The first-order valence-electron chi connectivity index (χ1n) is 4.25. The number of hydrogen-bond donors (Lipinski definition) is 1. The third-order valence-corrected chi connectivity index (χ3v) is 1.68. The predicted octanol–water partition coefficient (Wildman–Crippen LogP) is 1.82. The number of aliphatic hydroxyl groups excluding tert-OH is 1. The van der Waals surface area contributed by atoms with Gasteiger partial charge in [0.1, 0.15) is 0 Å². The van der Waals surface area contributed by atoms with Gasteiger partial charge in [0.05, 0.1) is 5.56 Å². The van der Waals surface area contributed by atoms with Crippen LogP contribution in [0, 0.1) is 0 Å². The molecule has 1 aromatic carbocycles. The van der Waals surface area contributed by atoms with E-state index >= 15 is 0 Å². The molecule has 0 bridgehead atoms. The van der Waals surface area contributed by atoms with Crippen molar-refractivity contribution in [1.82, 2.24) is 0 Å². The van der Waals surface area contributed by atoms with Gasteiger partial charge in [-0.15, -0.1) is 0 Å². The molecule has 0 aromatic heterocycles. The highest BCUT2D eigenvalue weighted by molar-refractivity contribution is 5.93. The van der Waals surface area contributed by atoms with Crippen LogP contribution in [0.2, 0.25) is 0 Å². The molecule has 0 heterocycles. The number of aliphatic hydroxyl groups is 1. The van der Waals surface area contributed by atoms with Gasteiger partial charge in [-0.2, -0.15) is 0 Å².